The normalized spacial score (nSPS) is 15.8. The van der Waals surface area contributed by atoms with E-state index in [1.807, 2.05) is 6.07 Å². The molecule has 0 radical (unpaired) electrons. The zero-order valence-electron chi connectivity index (χ0n) is 8.91. The van der Waals surface area contributed by atoms with Crippen LogP contribution in [0.4, 0.5) is 10.1 Å². The van der Waals surface area contributed by atoms with Gasteiger partial charge in [-0.15, -0.1) is 24.8 Å². The fourth-order valence-electron chi connectivity index (χ4n) is 1.78. The van der Waals surface area contributed by atoms with Crippen LogP contribution in [0.3, 0.4) is 0 Å². The largest absolute Gasteiger partial charge is 0.382 e. The first-order valence-corrected chi connectivity index (χ1v) is 5.07. The first kappa shape index (κ1) is 15.5. The van der Waals surface area contributed by atoms with Gasteiger partial charge in [-0.1, -0.05) is 6.07 Å². The molecule has 0 atom stereocenters. The van der Waals surface area contributed by atoms with Crippen LogP contribution in [-0.2, 0) is 0 Å². The van der Waals surface area contributed by atoms with Gasteiger partial charge in [0.25, 0.3) is 0 Å². The maximum atomic E-state index is 12.9. The van der Waals surface area contributed by atoms with E-state index < -0.39 is 0 Å². The predicted molar refractivity (Wildman–Crippen MR) is 70.4 cm³/mol. The van der Waals surface area contributed by atoms with Crippen molar-refractivity contribution in [1.29, 1.82) is 0 Å². The second kappa shape index (κ2) is 7.71. The zero-order valence-corrected chi connectivity index (χ0v) is 10.5. The van der Waals surface area contributed by atoms with Gasteiger partial charge in [-0.3, -0.25) is 0 Å². The van der Waals surface area contributed by atoms with Gasteiger partial charge >= 0.3 is 0 Å². The number of halogens is 3. The first-order valence-electron chi connectivity index (χ1n) is 5.07. The van der Waals surface area contributed by atoms with E-state index in [1.165, 1.54) is 6.07 Å². The molecule has 1 fully saturated rings. The minimum absolute atomic E-state index is 0. The Labute approximate surface area is 108 Å². The van der Waals surface area contributed by atoms with Crippen molar-refractivity contribution in [3.05, 3.63) is 30.1 Å². The van der Waals surface area contributed by atoms with Crippen LogP contribution in [-0.4, -0.2) is 19.1 Å². The number of anilines is 1. The van der Waals surface area contributed by atoms with Crippen LogP contribution in [0.5, 0.6) is 0 Å². The Kier molecular flexibility index (Phi) is 7.47. The summed E-state index contributed by atoms with van der Waals surface area (Å²) in [6.45, 7) is 2.10. The number of nitrogens with one attached hydrogen (secondary N) is 2. The third-order valence-corrected chi connectivity index (χ3v) is 2.53. The highest BCUT2D eigenvalue weighted by molar-refractivity contribution is 5.85. The lowest BCUT2D eigenvalue weighted by Crippen LogP contribution is -2.35. The zero-order chi connectivity index (χ0) is 9.80. The Morgan fingerprint density at radius 3 is 2.50 bits per heavy atom. The summed E-state index contributed by atoms with van der Waals surface area (Å²) in [5.41, 5.74) is 0.886. The van der Waals surface area contributed by atoms with Gasteiger partial charge in [-0.2, -0.15) is 0 Å². The number of hydrogen-bond donors (Lipinski definition) is 2. The van der Waals surface area contributed by atoms with E-state index >= 15 is 0 Å². The molecular weight excluding hydrogens is 250 g/mol. The molecule has 92 valence electrons. The number of piperidine rings is 1. The second-order valence-electron chi connectivity index (χ2n) is 3.68. The van der Waals surface area contributed by atoms with Gasteiger partial charge in [0.05, 0.1) is 0 Å². The lowest BCUT2D eigenvalue weighted by Gasteiger charge is -2.24. The van der Waals surface area contributed by atoms with Crippen molar-refractivity contribution in [3.63, 3.8) is 0 Å². The lowest BCUT2D eigenvalue weighted by atomic mass is 10.1. The Balaban J connectivity index is 0.00000112. The van der Waals surface area contributed by atoms with E-state index in [2.05, 4.69) is 10.6 Å². The molecule has 1 heterocycles. The molecule has 5 heteroatoms. The smallest absolute Gasteiger partial charge is 0.125 e. The average Bonchev–Trinajstić information content (AvgIpc) is 2.19. The van der Waals surface area contributed by atoms with Crippen molar-refractivity contribution in [1.82, 2.24) is 5.32 Å². The van der Waals surface area contributed by atoms with Crippen molar-refractivity contribution in [3.8, 4) is 0 Å². The van der Waals surface area contributed by atoms with Gasteiger partial charge in [-0.25, -0.2) is 4.39 Å². The highest BCUT2D eigenvalue weighted by Crippen LogP contribution is 2.14. The van der Waals surface area contributed by atoms with E-state index in [-0.39, 0.29) is 30.6 Å². The third-order valence-electron chi connectivity index (χ3n) is 2.53. The molecule has 0 aliphatic carbocycles. The van der Waals surface area contributed by atoms with Crippen LogP contribution >= 0.6 is 24.8 Å². The Hall–Kier alpha value is -0.510. The van der Waals surface area contributed by atoms with Crippen molar-refractivity contribution in [2.45, 2.75) is 18.9 Å². The fourth-order valence-corrected chi connectivity index (χ4v) is 1.78. The summed E-state index contributed by atoms with van der Waals surface area (Å²) in [6.07, 6.45) is 2.22. The second-order valence-corrected chi connectivity index (χ2v) is 3.68. The topological polar surface area (TPSA) is 24.1 Å². The Morgan fingerprint density at radius 2 is 1.88 bits per heavy atom. The molecule has 1 aromatic carbocycles. The van der Waals surface area contributed by atoms with Gasteiger partial charge in [-0.05, 0) is 44.1 Å². The maximum absolute atomic E-state index is 12.9. The SMILES string of the molecule is Cl.Cl.Fc1cccc(NC2CCNCC2)c1. The van der Waals surface area contributed by atoms with Crippen LogP contribution < -0.4 is 10.6 Å². The molecule has 2 N–H and O–H groups in total. The molecule has 16 heavy (non-hydrogen) atoms. The third kappa shape index (κ3) is 4.56. The number of rotatable bonds is 2. The molecule has 0 saturated carbocycles. The summed E-state index contributed by atoms with van der Waals surface area (Å²) >= 11 is 0. The maximum Gasteiger partial charge on any atom is 0.125 e. The lowest BCUT2D eigenvalue weighted by molar-refractivity contribution is 0.479. The van der Waals surface area contributed by atoms with Gasteiger partial charge in [0.2, 0.25) is 0 Å². The number of benzene rings is 1. The predicted octanol–water partition coefficient (Wildman–Crippen LogP) is 2.83. The molecule has 1 aliphatic rings. The van der Waals surface area contributed by atoms with E-state index in [1.54, 1.807) is 12.1 Å². The van der Waals surface area contributed by atoms with E-state index in [0.717, 1.165) is 31.6 Å². The summed E-state index contributed by atoms with van der Waals surface area (Å²) in [4.78, 5) is 0. The van der Waals surface area contributed by atoms with E-state index in [0.29, 0.717) is 6.04 Å². The van der Waals surface area contributed by atoms with Crippen molar-refractivity contribution >= 4 is 30.5 Å². The van der Waals surface area contributed by atoms with Gasteiger partial charge in [0, 0.05) is 11.7 Å². The average molecular weight is 267 g/mol. The molecule has 2 nitrogen and oxygen atoms in total. The highest BCUT2D eigenvalue weighted by atomic mass is 35.5. The van der Waals surface area contributed by atoms with E-state index in [4.69, 9.17) is 0 Å². The number of hydrogen-bond acceptors (Lipinski definition) is 2. The Morgan fingerprint density at radius 1 is 1.19 bits per heavy atom. The van der Waals surface area contributed by atoms with Crippen LogP contribution in [0.2, 0.25) is 0 Å². The quantitative estimate of drug-likeness (QED) is 0.861. The highest BCUT2D eigenvalue weighted by Gasteiger charge is 2.12. The van der Waals surface area contributed by atoms with Crippen LogP contribution in [0.25, 0.3) is 0 Å². The van der Waals surface area contributed by atoms with Gasteiger partial charge < -0.3 is 10.6 Å². The van der Waals surface area contributed by atoms with Gasteiger partial charge in [0.15, 0.2) is 0 Å². The summed E-state index contributed by atoms with van der Waals surface area (Å²) in [5, 5.41) is 6.64. The molecule has 0 spiro atoms. The minimum Gasteiger partial charge on any atom is -0.382 e. The summed E-state index contributed by atoms with van der Waals surface area (Å²) in [7, 11) is 0. The summed E-state index contributed by atoms with van der Waals surface area (Å²) < 4.78 is 12.9. The first-order chi connectivity index (χ1) is 6.84. The molecule has 0 unspecified atom stereocenters. The molecule has 1 aromatic rings. The van der Waals surface area contributed by atoms with Gasteiger partial charge in [0.1, 0.15) is 5.82 Å². The molecular formula is C11H17Cl2FN2. The monoisotopic (exact) mass is 266 g/mol. The summed E-state index contributed by atoms with van der Waals surface area (Å²) in [5.74, 6) is -0.177. The molecule has 2 rings (SSSR count). The Bertz CT molecular complexity index is 304. The molecule has 1 saturated heterocycles. The minimum atomic E-state index is -0.177. The standard InChI is InChI=1S/C11H15FN2.2ClH/c12-9-2-1-3-11(8-9)14-10-4-6-13-7-5-10;;/h1-3,8,10,13-14H,4-7H2;2*1H. The van der Waals surface area contributed by atoms with Crippen LogP contribution in [0.1, 0.15) is 12.8 Å². The summed E-state index contributed by atoms with van der Waals surface area (Å²) in [6, 6.07) is 7.14. The molecule has 0 amide bonds. The van der Waals surface area contributed by atoms with Crippen molar-refractivity contribution in [2.24, 2.45) is 0 Å². The van der Waals surface area contributed by atoms with Crippen molar-refractivity contribution < 1.29 is 4.39 Å². The molecule has 1 aliphatic heterocycles. The van der Waals surface area contributed by atoms with Crippen LogP contribution in [0, 0.1) is 5.82 Å². The van der Waals surface area contributed by atoms with E-state index in [9.17, 15) is 4.39 Å². The van der Waals surface area contributed by atoms with Crippen LogP contribution in [0.15, 0.2) is 24.3 Å². The van der Waals surface area contributed by atoms with Crippen molar-refractivity contribution in [2.75, 3.05) is 18.4 Å². The molecule has 0 bridgehead atoms. The fraction of sp³-hybridized carbons (Fsp3) is 0.455. The molecule has 0 aromatic heterocycles.